The topological polar surface area (TPSA) is 114 Å². The number of amides is 2. The first-order valence-corrected chi connectivity index (χ1v) is 10.1. The third kappa shape index (κ3) is 4.48. The monoisotopic (exact) mass is 474 g/mol. The van der Waals surface area contributed by atoms with Crippen LogP contribution in [-0.2, 0) is 12.7 Å². The van der Waals surface area contributed by atoms with E-state index in [-0.39, 0.29) is 17.9 Å². The number of primary amides is 1. The maximum atomic E-state index is 14.0. The molecule has 13 heteroatoms. The summed E-state index contributed by atoms with van der Waals surface area (Å²) >= 11 is 0. The molecule has 4 N–H and O–H groups in total. The van der Waals surface area contributed by atoms with Gasteiger partial charge < -0.3 is 11.1 Å². The minimum Gasteiger partial charge on any atom is -0.360 e. The number of pyridine rings is 1. The summed E-state index contributed by atoms with van der Waals surface area (Å²) in [7, 11) is 0. The van der Waals surface area contributed by atoms with Crippen molar-refractivity contribution in [3.05, 3.63) is 41.0 Å². The minimum absolute atomic E-state index is 0.102. The highest BCUT2D eigenvalue weighted by atomic mass is 19.4. The van der Waals surface area contributed by atoms with Gasteiger partial charge in [0.15, 0.2) is 0 Å². The van der Waals surface area contributed by atoms with E-state index in [1.807, 2.05) is 0 Å². The van der Waals surface area contributed by atoms with Gasteiger partial charge in [-0.1, -0.05) is 6.92 Å². The van der Waals surface area contributed by atoms with Gasteiger partial charge in [0, 0.05) is 42.2 Å². The maximum Gasteiger partial charge on any atom is 0.420 e. The Labute approximate surface area is 184 Å². The van der Waals surface area contributed by atoms with Crippen molar-refractivity contribution in [3.8, 4) is 0 Å². The SMILES string of the molecule is CC1(Cn2nc(C3CC3)c(C(F)(F)F)c2C(=O)Nc2cc[n+](O)c(C(N)=O)c2)CC(F)(F)C1. The summed E-state index contributed by atoms with van der Waals surface area (Å²) in [5, 5.41) is 15.9. The molecule has 0 saturated heterocycles. The second kappa shape index (κ2) is 7.39. The molecule has 2 amide bonds. The summed E-state index contributed by atoms with van der Waals surface area (Å²) in [6.45, 7) is 1.22. The smallest absolute Gasteiger partial charge is 0.360 e. The molecule has 0 aliphatic heterocycles. The van der Waals surface area contributed by atoms with Crippen molar-refractivity contribution in [2.75, 3.05) is 5.32 Å². The van der Waals surface area contributed by atoms with Crippen LogP contribution >= 0.6 is 0 Å². The molecule has 33 heavy (non-hydrogen) atoms. The Kier molecular flexibility index (Phi) is 5.13. The summed E-state index contributed by atoms with van der Waals surface area (Å²) < 4.78 is 70.3. The van der Waals surface area contributed by atoms with Crippen LogP contribution in [0.1, 0.15) is 70.8 Å². The molecule has 2 heterocycles. The number of halogens is 5. The molecule has 2 aliphatic carbocycles. The molecule has 0 bridgehead atoms. The quantitative estimate of drug-likeness (QED) is 0.339. The van der Waals surface area contributed by atoms with E-state index in [1.54, 1.807) is 0 Å². The number of carbonyl (C=O) groups excluding carboxylic acids is 2. The lowest BCUT2D eigenvalue weighted by Gasteiger charge is -2.44. The molecule has 2 aromatic heterocycles. The van der Waals surface area contributed by atoms with E-state index in [2.05, 4.69) is 10.4 Å². The molecule has 2 fully saturated rings. The Balaban J connectivity index is 1.74. The molecular weight excluding hydrogens is 453 g/mol. The summed E-state index contributed by atoms with van der Waals surface area (Å²) in [5.74, 6) is -5.59. The van der Waals surface area contributed by atoms with Gasteiger partial charge in [0.2, 0.25) is 12.1 Å². The molecule has 0 unspecified atom stereocenters. The molecule has 0 atom stereocenters. The number of rotatable bonds is 6. The molecule has 2 saturated carbocycles. The van der Waals surface area contributed by atoms with Crippen LogP contribution in [0.2, 0.25) is 0 Å². The summed E-state index contributed by atoms with van der Waals surface area (Å²) in [6.07, 6.45) is -4.03. The van der Waals surface area contributed by atoms with Crippen molar-refractivity contribution in [1.82, 2.24) is 9.78 Å². The zero-order valence-corrected chi connectivity index (χ0v) is 17.4. The highest BCUT2D eigenvalue weighted by Crippen LogP contribution is 2.53. The molecule has 0 spiro atoms. The Morgan fingerprint density at radius 3 is 2.48 bits per heavy atom. The zero-order chi connectivity index (χ0) is 24.3. The van der Waals surface area contributed by atoms with Crippen LogP contribution in [0.4, 0.5) is 27.6 Å². The van der Waals surface area contributed by atoms with Crippen molar-refractivity contribution in [2.45, 2.75) is 57.2 Å². The molecular formula is C20H21F5N5O3+. The van der Waals surface area contributed by atoms with Crippen LogP contribution in [0, 0.1) is 5.41 Å². The summed E-state index contributed by atoms with van der Waals surface area (Å²) in [4.78, 5) is 24.4. The fourth-order valence-electron chi connectivity index (χ4n) is 4.36. The van der Waals surface area contributed by atoms with Crippen LogP contribution in [0.25, 0.3) is 0 Å². The standard InChI is InChI=1S/C20H20F5N5O3/c1-18(7-19(21,22)8-18)9-29-15(13(20(23,24)25)14(28-29)10-2-3-10)17(32)27-11-4-5-30(33)12(6-11)16(26)31/h4-6,10,33H,2-3,7-9H2,1H3,(H2,26,31)/p+1. The van der Waals surface area contributed by atoms with Gasteiger partial charge in [0.1, 0.15) is 11.3 Å². The van der Waals surface area contributed by atoms with Gasteiger partial charge in [0.05, 0.1) is 11.4 Å². The van der Waals surface area contributed by atoms with E-state index in [0.29, 0.717) is 17.6 Å². The normalized spacial score (nSPS) is 19.1. The Bertz CT molecular complexity index is 1130. The number of alkyl halides is 5. The van der Waals surface area contributed by atoms with Crippen molar-refractivity contribution < 1.29 is 41.5 Å². The van der Waals surface area contributed by atoms with Gasteiger partial charge in [-0.3, -0.25) is 19.5 Å². The molecule has 0 radical (unpaired) electrons. The lowest BCUT2D eigenvalue weighted by Crippen LogP contribution is -2.47. The van der Waals surface area contributed by atoms with Gasteiger partial charge in [-0.15, -0.1) is 0 Å². The molecule has 0 aromatic carbocycles. The second-order valence-electron chi connectivity index (χ2n) is 9.02. The maximum absolute atomic E-state index is 14.0. The van der Waals surface area contributed by atoms with Gasteiger partial charge in [-0.2, -0.15) is 18.3 Å². The highest BCUT2D eigenvalue weighted by molar-refractivity contribution is 6.05. The van der Waals surface area contributed by atoms with Crippen molar-refractivity contribution in [3.63, 3.8) is 0 Å². The highest BCUT2D eigenvalue weighted by Gasteiger charge is 2.55. The summed E-state index contributed by atoms with van der Waals surface area (Å²) in [6, 6.07) is 2.14. The molecule has 2 aliphatic rings. The van der Waals surface area contributed by atoms with E-state index < -0.39 is 65.0 Å². The molecule has 178 valence electrons. The van der Waals surface area contributed by atoms with Crippen LogP contribution in [0.3, 0.4) is 0 Å². The number of aromatic nitrogens is 3. The second-order valence-corrected chi connectivity index (χ2v) is 9.02. The lowest BCUT2D eigenvalue weighted by molar-refractivity contribution is -0.905. The lowest BCUT2D eigenvalue weighted by atomic mass is 9.67. The molecule has 4 rings (SSSR count). The van der Waals surface area contributed by atoms with Crippen LogP contribution < -0.4 is 15.8 Å². The van der Waals surface area contributed by atoms with Crippen molar-refractivity contribution in [2.24, 2.45) is 11.1 Å². The predicted molar refractivity (Wildman–Crippen MR) is 102 cm³/mol. The van der Waals surface area contributed by atoms with Gasteiger partial charge >= 0.3 is 17.8 Å². The number of nitrogens with two attached hydrogens (primary N) is 1. The number of hydrogen-bond acceptors (Lipinski definition) is 4. The Morgan fingerprint density at radius 1 is 1.33 bits per heavy atom. The predicted octanol–water partition coefficient (Wildman–Crippen LogP) is 3.09. The minimum atomic E-state index is -4.91. The zero-order valence-electron chi connectivity index (χ0n) is 17.4. The Morgan fingerprint density at radius 2 is 1.97 bits per heavy atom. The Hall–Kier alpha value is -3.25. The first-order chi connectivity index (χ1) is 15.2. The van der Waals surface area contributed by atoms with Gasteiger partial charge in [0.25, 0.3) is 5.91 Å². The average Bonchev–Trinajstić information content (AvgIpc) is 3.41. The summed E-state index contributed by atoms with van der Waals surface area (Å²) in [5.41, 5.74) is 1.33. The number of nitrogens with zero attached hydrogens (tertiary/aromatic N) is 3. The van der Waals surface area contributed by atoms with E-state index in [4.69, 9.17) is 5.73 Å². The van der Waals surface area contributed by atoms with Crippen LogP contribution in [0.15, 0.2) is 18.3 Å². The first kappa shape index (κ1) is 22.9. The van der Waals surface area contributed by atoms with Gasteiger partial charge in [-0.25, -0.2) is 8.78 Å². The third-order valence-electron chi connectivity index (χ3n) is 5.79. The van der Waals surface area contributed by atoms with E-state index in [1.165, 1.54) is 6.92 Å². The van der Waals surface area contributed by atoms with Crippen LogP contribution in [0.5, 0.6) is 0 Å². The van der Waals surface area contributed by atoms with E-state index in [9.17, 15) is 36.7 Å². The van der Waals surface area contributed by atoms with Gasteiger partial charge in [-0.05, 0) is 18.3 Å². The molecule has 8 nitrogen and oxygen atoms in total. The number of carbonyl (C=O) groups is 2. The van der Waals surface area contributed by atoms with E-state index >= 15 is 0 Å². The molecule has 2 aromatic rings. The largest absolute Gasteiger partial charge is 0.420 e. The fourth-order valence-corrected chi connectivity index (χ4v) is 4.36. The average molecular weight is 474 g/mol. The van der Waals surface area contributed by atoms with Crippen LogP contribution in [-0.4, -0.2) is 32.7 Å². The number of anilines is 1. The number of nitrogens with one attached hydrogen (secondary N) is 1. The van der Waals surface area contributed by atoms with E-state index in [0.717, 1.165) is 23.0 Å². The fraction of sp³-hybridized carbons (Fsp3) is 0.500. The van der Waals surface area contributed by atoms with Crippen molar-refractivity contribution >= 4 is 17.5 Å². The van der Waals surface area contributed by atoms with Crippen molar-refractivity contribution in [1.29, 1.82) is 0 Å². The first-order valence-electron chi connectivity index (χ1n) is 10.1. The number of hydrogen-bond donors (Lipinski definition) is 3. The third-order valence-corrected chi connectivity index (χ3v) is 5.79.